The highest BCUT2D eigenvalue weighted by molar-refractivity contribution is 4.70. The maximum absolute atomic E-state index is 9.31. The summed E-state index contributed by atoms with van der Waals surface area (Å²) in [5, 5.41) is 18.6. The van der Waals surface area contributed by atoms with Crippen LogP contribution in [0.3, 0.4) is 0 Å². The third-order valence-corrected chi connectivity index (χ3v) is 2.12. The molecule has 0 aromatic carbocycles. The molecule has 2 N–H and O–H groups in total. The molecule has 0 spiro atoms. The molecule has 0 aliphatic heterocycles. The van der Waals surface area contributed by atoms with Gasteiger partial charge in [0.2, 0.25) is 0 Å². The minimum atomic E-state index is -0.330. The molecule has 0 aromatic heterocycles. The Morgan fingerprint density at radius 3 is 1.87 bits per heavy atom. The largest absolute Gasteiger partial charge is 0.387 e. The summed E-state index contributed by atoms with van der Waals surface area (Å²) in [7, 11) is 4.10. The van der Waals surface area contributed by atoms with Crippen LogP contribution in [0.25, 0.3) is 0 Å². The second-order valence-electron chi connectivity index (χ2n) is 4.61. The molecular formula is C11H26N2O2+. The molecule has 0 saturated carbocycles. The van der Waals surface area contributed by atoms with Crippen molar-refractivity contribution in [3.8, 4) is 0 Å². The van der Waals surface area contributed by atoms with Gasteiger partial charge in [0.1, 0.15) is 31.8 Å². The van der Waals surface area contributed by atoms with Crippen molar-refractivity contribution in [2.75, 3.05) is 40.3 Å². The van der Waals surface area contributed by atoms with Gasteiger partial charge in [0, 0.05) is 13.0 Å². The summed E-state index contributed by atoms with van der Waals surface area (Å²) in [6.45, 7) is 6.79. The van der Waals surface area contributed by atoms with E-state index in [2.05, 4.69) is 9.80 Å². The Balaban J connectivity index is 3.79. The van der Waals surface area contributed by atoms with Crippen molar-refractivity contribution < 1.29 is 10.2 Å². The van der Waals surface area contributed by atoms with Gasteiger partial charge >= 0.3 is 0 Å². The molecule has 0 heterocycles. The van der Waals surface area contributed by atoms with Crippen LogP contribution in [0.1, 0.15) is 20.3 Å². The summed E-state index contributed by atoms with van der Waals surface area (Å²) in [6, 6.07) is 0. The van der Waals surface area contributed by atoms with Gasteiger partial charge in [-0.15, -0.1) is 0 Å². The number of nitrogens with zero attached hydrogens (tertiary/aromatic N) is 2. The van der Waals surface area contributed by atoms with E-state index in [0.717, 1.165) is 19.5 Å². The Bertz CT molecular complexity index is 140. The van der Waals surface area contributed by atoms with Crippen molar-refractivity contribution in [2.45, 2.75) is 32.5 Å². The second-order valence-corrected chi connectivity index (χ2v) is 4.61. The minimum absolute atomic E-state index is 0.330. The highest BCUT2D eigenvalue weighted by atomic mass is 16.3. The topological polar surface area (TPSA) is 49.6 Å². The van der Waals surface area contributed by atoms with Crippen LogP contribution in [-0.4, -0.2) is 67.6 Å². The van der Waals surface area contributed by atoms with Gasteiger partial charge in [-0.25, -0.2) is 0 Å². The highest BCUT2D eigenvalue weighted by Crippen LogP contribution is 1.95. The molecule has 0 aliphatic rings. The molecule has 1 radical (unpaired) electrons. The van der Waals surface area contributed by atoms with Crippen molar-refractivity contribution in [2.24, 2.45) is 0 Å². The molecule has 0 aliphatic carbocycles. The maximum atomic E-state index is 9.31. The lowest BCUT2D eigenvalue weighted by Crippen LogP contribution is -2.42. The predicted molar refractivity (Wildman–Crippen MR) is 63.3 cm³/mol. The fourth-order valence-corrected chi connectivity index (χ4v) is 1.61. The van der Waals surface area contributed by atoms with Crippen LogP contribution >= 0.6 is 0 Å². The van der Waals surface area contributed by atoms with Gasteiger partial charge in [-0.2, -0.15) is 4.90 Å². The van der Waals surface area contributed by atoms with Crippen molar-refractivity contribution in [3.05, 3.63) is 0 Å². The van der Waals surface area contributed by atoms with Crippen molar-refractivity contribution >= 4 is 0 Å². The summed E-state index contributed by atoms with van der Waals surface area (Å²) >= 11 is 0. The zero-order valence-corrected chi connectivity index (χ0v) is 10.5. The Labute approximate surface area is 93.5 Å². The van der Waals surface area contributed by atoms with Gasteiger partial charge in [0.05, 0.1) is 0 Å². The van der Waals surface area contributed by atoms with Crippen molar-refractivity contribution in [1.29, 1.82) is 0 Å². The molecule has 2 atom stereocenters. The summed E-state index contributed by atoms with van der Waals surface area (Å²) < 4.78 is 0. The SMILES string of the molecule is CC(O)C[N+](CCCN(C)C)C[C@@H](C)O. The van der Waals surface area contributed by atoms with Gasteiger partial charge in [0.15, 0.2) is 0 Å². The monoisotopic (exact) mass is 218 g/mol. The van der Waals surface area contributed by atoms with Gasteiger partial charge in [0.25, 0.3) is 0 Å². The zero-order valence-electron chi connectivity index (χ0n) is 10.5. The Morgan fingerprint density at radius 1 is 1.07 bits per heavy atom. The lowest BCUT2D eigenvalue weighted by Gasteiger charge is -2.16. The van der Waals surface area contributed by atoms with E-state index in [9.17, 15) is 10.2 Å². The van der Waals surface area contributed by atoms with Crippen LogP contribution in [-0.2, 0) is 0 Å². The molecule has 0 rings (SSSR count). The van der Waals surface area contributed by atoms with E-state index in [1.54, 1.807) is 13.8 Å². The number of hydrogen-bond acceptors (Lipinski definition) is 4. The Kier molecular flexibility index (Phi) is 7.96. The third kappa shape index (κ3) is 10.1. The summed E-state index contributed by atoms with van der Waals surface area (Å²) in [5.41, 5.74) is 0. The normalized spacial score (nSPS) is 16.0. The maximum Gasteiger partial charge on any atom is 0.148 e. The van der Waals surface area contributed by atoms with Crippen LogP contribution in [0.5, 0.6) is 0 Å². The van der Waals surface area contributed by atoms with Gasteiger partial charge < -0.3 is 15.1 Å². The van der Waals surface area contributed by atoms with E-state index in [4.69, 9.17) is 0 Å². The highest BCUT2D eigenvalue weighted by Gasteiger charge is 2.19. The average molecular weight is 218 g/mol. The van der Waals surface area contributed by atoms with E-state index in [0.29, 0.717) is 13.1 Å². The van der Waals surface area contributed by atoms with Crippen LogP contribution in [0, 0.1) is 0 Å². The molecular weight excluding hydrogens is 192 g/mol. The molecule has 91 valence electrons. The molecule has 0 fully saturated rings. The fourth-order valence-electron chi connectivity index (χ4n) is 1.61. The first-order chi connectivity index (χ1) is 6.91. The molecule has 0 aromatic rings. The van der Waals surface area contributed by atoms with Crippen molar-refractivity contribution in [3.63, 3.8) is 0 Å². The first kappa shape index (κ1) is 14.8. The first-order valence-electron chi connectivity index (χ1n) is 5.65. The van der Waals surface area contributed by atoms with E-state index in [1.807, 2.05) is 14.1 Å². The van der Waals surface area contributed by atoms with E-state index < -0.39 is 0 Å². The van der Waals surface area contributed by atoms with E-state index >= 15 is 0 Å². The van der Waals surface area contributed by atoms with Gasteiger partial charge in [-0.3, -0.25) is 0 Å². The quantitative estimate of drug-likeness (QED) is 0.557. The predicted octanol–water partition coefficient (Wildman–Crippen LogP) is -0.160. The molecule has 1 unspecified atom stereocenters. The zero-order chi connectivity index (χ0) is 11.8. The standard InChI is InChI=1S/C11H26N2O2/c1-10(14)8-13(9-11(2)15)7-5-6-12(3)4/h10-11,14-15H,5-9H2,1-4H3/q+1/t10-,11?/m1/s1. The fraction of sp³-hybridized carbons (Fsp3) is 1.00. The van der Waals surface area contributed by atoms with Gasteiger partial charge in [-0.05, 0) is 27.9 Å². The Morgan fingerprint density at radius 2 is 1.53 bits per heavy atom. The van der Waals surface area contributed by atoms with Crippen LogP contribution in [0.2, 0.25) is 0 Å². The molecule has 4 heteroatoms. The third-order valence-electron chi connectivity index (χ3n) is 2.12. The number of rotatable bonds is 8. The lowest BCUT2D eigenvalue weighted by atomic mass is 10.2. The molecule has 0 saturated heterocycles. The van der Waals surface area contributed by atoms with Gasteiger partial charge in [-0.1, -0.05) is 0 Å². The van der Waals surface area contributed by atoms with Crippen LogP contribution in [0.4, 0.5) is 0 Å². The number of aliphatic hydroxyl groups excluding tert-OH is 2. The summed E-state index contributed by atoms with van der Waals surface area (Å²) in [4.78, 5) is 4.25. The number of hydrogen-bond donors (Lipinski definition) is 2. The Hall–Kier alpha value is -0.160. The van der Waals surface area contributed by atoms with Crippen molar-refractivity contribution in [1.82, 2.24) is 9.80 Å². The van der Waals surface area contributed by atoms with E-state index in [-0.39, 0.29) is 12.2 Å². The molecule has 0 bridgehead atoms. The molecule has 15 heavy (non-hydrogen) atoms. The molecule has 4 nitrogen and oxygen atoms in total. The van der Waals surface area contributed by atoms with Crippen LogP contribution < -0.4 is 4.90 Å². The smallest absolute Gasteiger partial charge is 0.148 e. The molecule has 0 amide bonds. The second kappa shape index (κ2) is 8.05. The van der Waals surface area contributed by atoms with E-state index in [1.165, 1.54) is 0 Å². The summed E-state index contributed by atoms with van der Waals surface area (Å²) in [5.74, 6) is 0. The average Bonchev–Trinajstić information content (AvgIpc) is 2.00. The summed E-state index contributed by atoms with van der Waals surface area (Å²) in [6.07, 6.45) is 0.401. The minimum Gasteiger partial charge on any atom is -0.387 e. The number of aliphatic hydroxyl groups is 2. The first-order valence-corrected chi connectivity index (χ1v) is 5.65. The van der Waals surface area contributed by atoms with Crippen LogP contribution in [0.15, 0.2) is 0 Å². The lowest BCUT2D eigenvalue weighted by molar-refractivity contribution is 0.125.